The van der Waals surface area contributed by atoms with E-state index in [1.165, 1.54) is 23.1 Å². The van der Waals surface area contributed by atoms with Gasteiger partial charge < -0.3 is 15.4 Å². The maximum atomic E-state index is 12.5. The van der Waals surface area contributed by atoms with Crippen molar-refractivity contribution in [1.82, 2.24) is 4.98 Å². The van der Waals surface area contributed by atoms with Crippen LogP contribution in [0.2, 0.25) is 0 Å². The number of thiazole rings is 1. The molecule has 2 N–H and O–H groups in total. The Bertz CT molecular complexity index is 1250. The van der Waals surface area contributed by atoms with Crippen LogP contribution in [0, 0.1) is 0 Å². The van der Waals surface area contributed by atoms with E-state index in [1.54, 1.807) is 12.1 Å². The summed E-state index contributed by atoms with van der Waals surface area (Å²) in [5, 5.41) is 9.78. The molecular formula is C25H23N3O3S2. The van der Waals surface area contributed by atoms with Crippen LogP contribution in [-0.2, 0) is 16.0 Å². The Morgan fingerprint density at radius 2 is 1.76 bits per heavy atom. The van der Waals surface area contributed by atoms with Crippen LogP contribution in [0.15, 0.2) is 76.4 Å². The van der Waals surface area contributed by atoms with E-state index in [0.717, 1.165) is 26.5 Å². The molecule has 3 aromatic carbocycles. The molecule has 2 amide bonds. The second-order valence-electron chi connectivity index (χ2n) is 7.15. The number of thioether (sulfide) groups is 1. The number of nitrogens with zero attached hydrogens (tertiary/aromatic N) is 1. The molecule has 0 aliphatic carbocycles. The lowest BCUT2D eigenvalue weighted by Crippen LogP contribution is -2.15. The lowest BCUT2D eigenvalue weighted by molar-refractivity contribution is -0.116. The molecule has 8 heteroatoms. The van der Waals surface area contributed by atoms with E-state index >= 15 is 0 Å². The average Bonchev–Trinajstić information content (AvgIpc) is 3.26. The number of carbonyl (C=O) groups excluding carboxylic acids is 2. The molecule has 33 heavy (non-hydrogen) atoms. The van der Waals surface area contributed by atoms with Gasteiger partial charge in [-0.05, 0) is 42.6 Å². The largest absolute Gasteiger partial charge is 0.494 e. The standard InChI is InChI=1S/C25H23N3O3S2/c1-2-31-20-12-10-18(11-13-20)26-23(29)14-19-15-32-25(27-19)33-16-24(30)28-22-9-5-7-17-6-3-4-8-21(17)22/h3-13,15H,2,14,16H2,1H3,(H,26,29)(H,28,30). The molecule has 0 bridgehead atoms. The van der Waals surface area contributed by atoms with E-state index in [-0.39, 0.29) is 24.0 Å². The molecule has 0 aliphatic rings. The van der Waals surface area contributed by atoms with Crippen LogP contribution >= 0.6 is 23.1 Å². The molecule has 4 rings (SSSR count). The molecule has 0 atom stereocenters. The topological polar surface area (TPSA) is 80.3 Å². The molecule has 0 saturated heterocycles. The fourth-order valence-electron chi connectivity index (χ4n) is 3.25. The predicted octanol–water partition coefficient (Wildman–Crippen LogP) is 5.61. The second kappa shape index (κ2) is 11.0. The van der Waals surface area contributed by atoms with E-state index < -0.39 is 0 Å². The summed E-state index contributed by atoms with van der Waals surface area (Å²) in [6.07, 6.45) is 0.173. The van der Waals surface area contributed by atoms with Gasteiger partial charge in [0, 0.05) is 22.1 Å². The molecule has 4 aromatic rings. The molecule has 0 unspecified atom stereocenters. The second-order valence-corrected chi connectivity index (χ2v) is 9.23. The van der Waals surface area contributed by atoms with Gasteiger partial charge in [0.1, 0.15) is 5.75 Å². The van der Waals surface area contributed by atoms with Gasteiger partial charge in [0.05, 0.1) is 24.5 Å². The van der Waals surface area contributed by atoms with Crippen LogP contribution in [0.4, 0.5) is 11.4 Å². The Labute approximate surface area is 200 Å². The Morgan fingerprint density at radius 3 is 2.58 bits per heavy atom. The molecule has 0 aliphatic heterocycles. The molecular weight excluding hydrogens is 454 g/mol. The number of fused-ring (bicyclic) bond motifs is 1. The van der Waals surface area contributed by atoms with Crippen LogP contribution in [0.1, 0.15) is 12.6 Å². The molecule has 1 heterocycles. The third-order valence-corrected chi connectivity index (χ3v) is 6.78. The lowest BCUT2D eigenvalue weighted by Gasteiger charge is -2.08. The third kappa shape index (κ3) is 6.34. The summed E-state index contributed by atoms with van der Waals surface area (Å²) in [5.41, 5.74) is 2.18. The maximum Gasteiger partial charge on any atom is 0.234 e. The highest BCUT2D eigenvalue weighted by Crippen LogP contribution is 2.26. The SMILES string of the molecule is CCOc1ccc(NC(=O)Cc2csc(SCC(=O)Nc3cccc4ccccc34)n2)cc1. The Kier molecular flexibility index (Phi) is 7.59. The van der Waals surface area contributed by atoms with Crippen LogP contribution in [0.25, 0.3) is 10.8 Å². The Balaban J connectivity index is 1.27. The minimum absolute atomic E-state index is 0.0960. The van der Waals surface area contributed by atoms with Crippen molar-refractivity contribution < 1.29 is 14.3 Å². The average molecular weight is 478 g/mol. The van der Waals surface area contributed by atoms with Gasteiger partial charge in [0.25, 0.3) is 0 Å². The summed E-state index contributed by atoms with van der Waals surface area (Å²) in [7, 11) is 0. The number of carbonyl (C=O) groups is 2. The number of nitrogens with one attached hydrogen (secondary N) is 2. The van der Waals surface area contributed by atoms with Crippen molar-refractivity contribution in [3.63, 3.8) is 0 Å². The Morgan fingerprint density at radius 1 is 0.970 bits per heavy atom. The molecule has 0 spiro atoms. The zero-order valence-electron chi connectivity index (χ0n) is 18.0. The summed E-state index contributed by atoms with van der Waals surface area (Å²) in [6.45, 7) is 2.52. The first-order valence-corrected chi connectivity index (χ1v) is 12.3. The zero-order chi connectivity index (χ0) is 23.0. The number of hydrogen-bond donors (Lipinski definition) is 2. The third-order valence-electron chi connectivity index (χ3n) is 4.71. The maximum absolute atomic E-state index is 12.5. The van der Waals surface area contributed by atoms with Crippen molar-refractivity contribution in [2.24, 2.45) is 0 Å². The van der Waals surface area contributed by atoms with Crippen molar-refractivity contribution in [3.8, 4) is 5.75 Å². The minimum atomic E-state index is -0.144. The van der Waals surface area contributed by atoms with E-state index in [9.17, 15) is 9.59 Å². The molecule has 0 radical (unpaired) electrons. The zero-order valence-corrected chi connectivity index (χ0v) is 19.7. The fraction of sp³-hybridized carbons (Fsp3) is 0.160. The van der Waals surface area contributed by atoms with Crippen LogP contribution in [0.3, 0.4) is 0 Å². The highest BCUT2D eigenvalue weighted by Gasteiger charge is 2.11. The smallest absolute Gasteiger partial charge is 0.234 e. The van der Waals surface area contributed by atoms with Gasteiger partial charge in [-0.1, -0.05) is 48.2 Å². The fourth-order valence-corrected chi connectivity index (χ4v) is 4.90. The molecule has 0 fully saturated rings. The highest BCUT2D eigenvalue weighted by molar-refractivity contribution is 8.01. The van der Waals surface area contributed by atoms with Crippen molar-refractivity contribution in [1.29, 1.82) is 0 Å². The van der Waals surface area contributed by atoms with E-state index in [2.05, 4.69) is 15.6 Å². The van der Waals surface area contributed by atoms with Crippen molar-refractivity contribution in [2.45, 2.75) is 17.7 Å². The number of rotatable bonds is 9. The molecule has 168 valence electrons. The van der Waals surface area contributed by atoms with E-state index in [0.29, 0.717) is 18.0 Å². The molecule has 6 nitrogen and oxygen atoms in total. The number of anilines is 2. The van der Waals surface area contributed by atoms with Crippen LogP contribution in [0.5, 0.6) is 5.75 Å². The number of amides is 2. The van der Waals surface area contributed by atoms with Gasteiger partial charge in [-0.25, -0.2) is 4.98 Å². The number of benzene rings is 3. The summed E-state index contributed by atoms with van der Waals surface area (Å²) >= 11 is 2.79. The minimum Gasteiger partial charge on any atom is -0.494 e. The van der Waals surface area contributed by atoms with Crippen molar-refractivity contribution >= 4 is 57.1 Å². The van der Waals surface area contributed by atoms with Crippen molar-refractivity contribution in [3.05, 3.63) is 77.8 Å². The van der Waals surface area contributed by atoms with E-state index in [1.807, 2.05) is 66.9 Å². The van der Waals surface area contributed by atoms with Gasteiger partial charge in [-0.3, -0.25) is 9.59 Å². The molecule has 0 saturated carbocycles. The summed E-state index contributed by atoms with van der Waals surface area (Å²) in [6, 6.07) is 21.0. The van der Waals surface area contributed by atoms with Crippen molar-refractivity contribution in [2.75, 3.05) is 23.0 Å². The molecule has 1 aromatic heterocycles. The normalized spacial score (nSPS) is 10.7. The predicted molar refractivity (Wildman–Crippen MR) is 135 cm³/mol. The number of hydrogen-bond acceptors (Lipinski definition) is 6. The summed E-state index contributed by atoms with van der Waals surface area (Å²) < 4.78 is 6.16. The van der Waals surface area contributed by atoms with Crippen LogP contribution in [-0.4, -0.2) is 29.2 Å². The summed E-state index contributed by atoms with van der Waals surface area (Å²) in [4.78, 5) is 29.3. The van der Waals surface area contributed by atoms with Gasteiger partial charge in [-0.2, -0.15) is 0 Å². The monoisotopic (exact) mass is 477 g/mol. The lowest BCUT2D eigenvalue weighted by atomic mass is 10.1. The van der Waals surface area contributed by atoms with Gasteiger partial charge >= 0.3 is 0 Å². The van der Waals surface area contributed by atoms with Crippen LogP contribution < -0.4 is 15.4 Å². The van der Waals surface area contributed by atoms with Gasteiger partial charge in [0.2, 0.25) is 11.8 Å². The first-order valence-electron chi connectivity index (χ1n) is 10.5. The first-order chi connectivity index (χ1) is 16.1. The Hall–Kier alpha value is -3.36. The van der Waals surface area contributed by atoms with Gasteiger partial charge in [-0.15, -0.1) is 11.3 Å². The quantitative estimate of drug-likeness (QED) is 0.307. The van der Waals surface area contributed by atoms with E-state index in [4.69, 9.17) is 4.74 Å². The highest BCUT2D eigenvalue weighted by atomic mass is 32.2. The first kappa shape index (κ1) is 22.8. The summed E-state index contributed by atoms with van der Waals surface area (Å²) in [5.74, 6) is 0.770. The number of ether oxygens (including phenoxy) is 1. The van der Waals surface area contributed by atoms with Gasteiger partial charge in [0.15, 0.2) is 4.34 Å². The number of aromatic nitrogens is 1.